The van der Waals surface area contributed by atoms with Crippen molar-refractivity contribution in [2.45, 2.75) is 39.2 Å². The molecule has 0 atom stereocenters. The van der Waals surface area contributed by atoms with E-state index in [1.807, 2.05) is 4.72 Å². The zero-order valence-corrected chi connectivity index (χ0v) is 13.4. The van der Waals surface area contributed by atoms with Crippen molar-refractivity contribution in [2.24, 2.45) is 5.92 Å². The molecule has 1 amide bonds. The van der Waals surface area contributed by atoms with E-state index in [2.05, 4.69) is 30.8 Å². The summed E-state index contributed by atoms with van der Waals surface area (Å²) in [6.07, 6.45) is 0.609. The second kappa shape index (κ2) is 6.73. The molecule has 1 aliphatic rings. The van der Waals surface area contributed by atoms with Gasteiger partial charge in [0.15, 0.2) is 0 Å². The van der Waals surface area contributed by atoms with Gasteiger partial charge in [-0.3, -0.25) is 0 Å². The molecule has 0 saturated carbocycles. The number of rotatable bonds is 4. The molecule has 8 heteroatoms. The first-order valence-corrected chi connectivity index (χ1v) is 8.19. The molecule has 118 valence electrons. The Balaban J connectivity index is 2.44. The second-order valence-corrected chi connectivity index (χ2v) is 7.74. The Hall–Kier alpha value is -0.860. The van der Waals surface area contributed by atoms with Crippen LogP contribution in [0.5, 0.6) is 0 Å². The van der Waals surface area contributed by atoms with Crippen LogP contribution in [0.15, 0.2) is 0 Å². The molecule has 1 fully saturated rings. The molecule has 0 unspecified atom stereocenters. The fourth-order valence-corrected chi connectivity index (χ4v) is 3.13. The van der Waals surface area contributed by atoms with E-state index in [0.717, 1.165) is 26.5 Å². The van der Waals surface area contributed by atoms with E-state index >= 15 is 0 Å². The van der Waals surface area contributed by atoms with Gasteiger partial charge in [-0.1, -0.05) is 0 Å². The van der Waals surface area contributed by atoms with E-state index in [4.69, 9.17) is 0 Å². The monoisotopic (exact) mass is 307 g/mol. The number of ether oxygens (including phenoxy) is 1. The standard InChI is InChI=1S/C12H25N3O4S/c1-12(2,3)13-9-10-5-7-15(8-6-10)20(17,18)14-11(16)19-4/h10,13H,5-9H2,1-4H3,(H,14,16). The summed E-state index contributed by atoms with van der Waals surface area (Å²) in [5, 5.41) is 3.43. The van der Waals surface area contributed by atoms with Crippen LogP contribution in [0.2, 0.25) is 0 Å². The molecule has 20 heavy (non-hydrogen) atoms. The van der Waals surface area contributed by atoms with Crippen molar-refractivity contribution in [3.05, 3.63) is 0 Å². The van der Waals surface area contributed by atoms with Crippen LogP contribution in [0.3, 0.4) is 0 Å². The first-order valence-electron chi connectivity index (χ1n) is 6.75. The number of hydrogen-bond acceptors (Lipinski definition) is 5. The van der Waals surface area contributed by atoms with Crippen molar-refractivity contribution in [3.8, 4) is 0 Å². The van der Waals surface area contributed by atoms with Gasteiger partial charge < -0.3 is 10.1 Å². The Morgan fingerprint density at radius 1 is 1.30 bits per heavy atom. The molecule has 7 nitrogen and oxygen atoms in total. The Bertz CT molecular complexity index is 422. The van der Waals surface area contributed by atoms with Crippen LogP contribution in [0.4, 0.5) is 4.79 Å². The quantitative estimate of drug-likeness (QED) is 0.798. The van der Waals surface area contributed by atoms with Gasteiger partial charge in [-0.25, -0.2) is 9.52 Å². The summed E-state index contributed by atoms with van der Waals surface area (Å²) in [6.45, 7) is 8.03. The summed E-state index contributed by atoms with van der Waals surface area (Å²) in [5.74, 6) is 0.457. The molecule has 0 spiro atoms. The van der Waals surface area contributed by atoms with E-state index in [1.54, 1.807) is 0 Å². The number of piperidine rings is 1. The molecule has 1 saturated heterocycles. The van der Waals surface area contributed by atoms with Gasteiger partial charge >= 0.3 is 16.3 Å². The van der Waals surface area contributed by atoms with Gasteiger partial charge in [0.1, 0.15) is 0 Å². The Morgan fingerprint density at radius 3 is 2.30 bits per heavy atom. The summed E-state index contributed by atoms with van der Waals surface area (Å²) < 4.78 is 31.2. The number of methoxy groups -OCH3 is 1. The normalized spacial score (nSPS) is 18.8. The van der Waals surface area contributed by atoms with E-state index < -0.39 is 16.3 Å². The van der Waals surface area contributed by atoms with E-state index in [1.165, 1.54) is 4.31 Å². The molecule has 2 N–H and O–H groups in total. The minimum absolute atomic E-state index is 0.0651. The summed E-state index contributed by atoms with van der Waals surface area (Å²) in [4.78, 5) is 11.0. The summed E-state index contributed by atoms with van der Waals surface area (Å²) in [6, 6.07) is 0. The lowest BCUT2D eigenvalue weighted by Crippen LogP contribution is -2.48. The average molecular weight is 307 g/mol. The number of nitrogens with zero attached hydrogens (tertiary/aromatic N) is 1. The second-order valence-electron chi connectivity index (χ2n) is 6.07. The maximum atomic E-state index is 11.9. The lowest BCUT2D eigenvalue weighted by Gasteiger charge is -2.32. The highest BCUT2D eigenvalue weighted by Gasteiger charge is 2.29. The maximum absolute atomic E-state index is 11.9. The highest BCUT2D eigenvalue weighted by atomic mass is 32.2. The molecule has 1 heterocycles. The van der Waals surface area contributed by atoms with Crippen molar-refractivity contribution in [1.82, 2.24) is 14.3 Å². The number of hydrogen-bond donors (Lipinski definition) is 2. The third kappa shape index (κ3) is 5.64. The molecule has 0 aliphatic carbocycles. The molecule has 0 aromatic heterocycles. The van der Waals surface area contributed by atoms with Gasteiger partial charge in [0.05, 0.1) is 7.11 Å². The summed E-state index contributed by atoms with van der Waals surface area (Å²) in [7, 11) is -2.64. The molecule has 0 bridgehead atoms. The largest absolute Gasteiger partial charge is 0.452 e. The highest BCUT2D eigenvalue weighted by molar-refractivity contribution is 7.87. The Kier molecular flexibility index (Phi) is 5.79. The van der Waals surface area contributed by atoms with Crippen LogP contribution < -0.4 is 10.0 Å². The molecular weight excluding hydrogens is 282 g/mol. The average Bonchev–Trinajstić information content (AvgIpc) is 2.35. The topological polar surface area (TPSA) is 87.7 Å². The Morgan fingerprint density at radius 2 is 1.85 bits per heavy atom. The Labute approximate surface area is 121 Å². The highest BCUT2D eigenvalue weighted by Crippen LogP contribution is 2.19. The third-order valence-electron chi connectivity index (χ3n) is 3.23. The minimum Gasteiger partial charge on any atom is -0.452 e. The van der Waals surface area contributed by atoms with Crippen molar-refractivity contribution in [2.75, 3.05) is 26.7 Å². The van der Waals surface area contributed by atoms with Crippen molar-refractivity contribution >= 4 is 16.3 Å². The van der Waals surface area contributed by atoms with Gasteiger partial charge in [-0.2, -0.15) is 12.7 Å². The number of nitrogens with one attached hydrogen (secondary N) is 2. The zero-order valence-electron chi connectivity index (χ0n) is 12.6. The van der Waals surface area contributed by atoms with E-state index in [-0.39, 0.29) is 5.54 Å². The molecular formula is C12H25N3O4S. The molecule has 0 radical (unpaired) electrons. The predicted octanol–water partition coefficient (Wildman–Crippen LogP) is 0.687. The number of amides is 1. The molecule has 0 aromatic rings. The summed E-state index contributed by atoms with van der Waals surface area (Å²) in [5.41, 5.74) is 0.0651. The predicted molar refractivity (Wildman–Crippen MR) is 76.5 cm³/mol. The lowest BCUT2D eigenvalue weighted by atomic mass is 9.97. The smallest absolute Gasteiger partial charge is 0.421 e. The van der Waals surface area contributed by atoms with Gasteiger partial charge in [0, 0.05) is 18.6 Å². The molecule has 0 aromatic carbocycles. The van der Waals surface area contributed by atoms with E-state index in [9.17, 15) is 13.2 Å². The van der Waals surface area contributed by atoms with Gasteiger partial charge in [-0.05, 0) is 46.1 Å². The van der Waals surface area contributed by atoms with Crippen LogP contribution in [0.25, 0.3) is 0 Å². The van der Waals surface area contributed by atoms with Gasteiger partial charge in [0.25, 0.3) is 0 Å². The lowest BCUT2D eigenvalue weighted by molar-refractivity contribution is 0.176. The summed E-state index contributed by atoms with van der Waals surface area (Å²) >= 11 is 0. The van der Waals surface area contributed by atoms with Crippen LogP contribution in [0.1, 0.15) is 33.6 Å². The van der Waals surface area contributed by atoms with Gasteiger partial charge in [0.2, 0.25) is 0 Å². The first kappa shape index (κ1) is 17.2. The number of carbonyl (C=O) groups is 1. The minimum atomic E-state index is -3.77. The van der Waals surface area contributed by atoms with Gasteiger partial charge in [-0.15, -0.1) is 0 Å². The first-order chi connectivity index (χ1) is 9.14. The van der Waals surface area contributed by atoms with Crippen LogP contribution in [-0.2, 0) is 14.9 Å². The fourth-order valence-electron chi connectivity index (χ4n) is 2.02. The van der Waals surface area contributed by atoms with Crippen LogP contribution in [-0.4, -0.2) is 51.1 Å². The van der Waals surface area contributed by atoms with E-state index in [0.29, 0.717) is 19.0 Å². The third-order valence-corrected chi connectivity index (χ3v) is 4.70. The van der Waals surface area contributed by atoms with Crippen molar-refractivity contribution < 1.29 is 17.9 Å². The van der Waals surface area contributed by atoms with Crippen LogP contribution >= 0.6 is 0 Å². The number of carbonyl (C=O) groups excluding carboxylic acids is 1. The fraction of sp³-hybridized carbons (Fsp3) is 0.917. The maximum Gasteiger partial charge on any atom is 0.421 e. The zero-order chi connectivity index (χ0) is 15.4. The SMILES string of the molecule is COC(=O)NS(=O)(=O)N1CCC(CNC(C)(C)C)CC1. The van der Waals surface area contributed by atoms with Crippen molar-refractivity contribution in [1.29, 1.82) is 0 Å². The van der Waals surface area contributed by atoms with Crippen molar-refractivity contribution in [3.63, 3.8) is 0 Å². The molecule has 1 aliphatic heterocycles. The van der Waals surface area contributed by atoms with Crippen LogP contribution in [0, 0.1) is 5.92 Å². The molecule has 1 rings (SSSR count).